The van der Waals surface area contributed by atoms with Gasteiger partial charge < -0.3 is 4.74 Å². The number of imidazole rings is 1. The summed E-state index contributed by atoms with van der Waals surface area (Å²) in [5, 5.41) is -4.54. The maximum Gasteiger partial charge on any atom is 0.419 e. The first-order chi connectivity index (χ1) is 7.24. The van der Waals surface area contributed by atoms with Gasteiger partial charge in [0.15, 0.2) is 6.61 Å². The van der Waals surface area contributed by atoms with Crippen LogP contribution in [0.4, 0.5) is 13.6 Å². The molecular formula is C6H6F2N2O5S. The lowest BCUT2D eigenvalue weighted by molar-refractivity contribution is 0.00773. The van der Waals surface area contributed by atoms with Crippen molar-refractivity contribution in [3.05, 3.63) is 18.7 Å². The highest BCUT2D eigenvalue weighted by molar-refractivity contribution is 7.86. The Labute approximate surface area is 88.4 Å². The maximum absolute atomic E-state index is 12.6. The van der Waals surface area contributed by atoms with E-state index < -0.39 is 28.1 Å². The predicted molar refractivity (Wildman–Crippen MR) is 45.5 cm³/mol. The average Bonchev–Trinajstić information content (AvgIpc) is 2.65. The number of ether oxygens (including phenoxy) is 1. The molecule has 0 radical (unpaired) electrons. The fourth-order valence-corrected chi connectivity index (χ4v) is 0.870. The number of aromatic nitrogens is 2. The monoisotopic (exact) mass is 256 g/mol. The van der Waals surface area contributed by atoms with E-state index in [1.165, 1.54) is 6.20 Å². The van der Waals surface area contributed by atoms with Gasteiger partial charge in [0.05, 0.1) is 0 Å². The standard InChI is InChI=1S/C6H6F2N2O5S/c7-6(8,16(12,13)14)3-15-5(11)10-2-1-9-4-10/h1-2,4H,3H2,(H,12,13,14). The van der Waals surface area contributed by atoms with Crippen LogP contribution in [0.15, 0.2) is 18.7 Å². The van der Waals surface area contributed by atoms with Crippen molar-refractivity contribution in [1.29, 1.82) is 0 Å². The van der Waals surface area contributed by atoms with Gasteiger partial charge in [0.1, 0.15) is 6.33 Å². The lowest BCUT2D eigenvalue weighted by Gasteiger charge is -2.12. The Morgan fingerprint density at radius 3 is 2.62 bits per heavy atom. The number of carbonyl (C=O) groups excluding carboxylic acids is 1. The van der Waals surface area contributed by atoms with Gasteiger partial charge in [-0.1, -0.05) is 0 Å². The van der Waals surface area contributed by atoms with Crippen molar-refractivity contribution in [2.75, 3.05) is 6.61 Å². The smallest absolute Gasteiger partial charge is 0.419 e. The third-order valence-corrected chi connectivity index (χ3v) is 2.33. The molecule has 0 unspecified atom stereocenters. The van der Waals surface area contributed by atoms with Crippen molar-refractivity contribution < 1.29 is 31.3 Å². The first kappa shape index (κ1) is 12.5. The first-order valence-corrected chi connectivity index (χ1v) is 5.18. The number of nitrogens with zero attached hydrogens (tertiary/aromatic N) is 2. The normalized spacial score (nSPS) is 12.4. The van der Waals surface area contributed by atoms with Crippen LogP contribution in [-0.4, -0.2) is 40.5 Å². The number of alkyl halides is 2. The third kappa shape index (κ3) is 2.73. The number of rotatable bonds is 3. The van der Waals surface area contributed by atoms with Crippen LogP contribution in [-0.2, 0) is 14.9 Å². The van der Waals surface area contributed by atoms with Crippen molar-refractivity contribution in [3.63, 3.8) is 0 Å². The second kappa shape index (κ2) is 4.14. The Morgan fingerprint density at radius 1 is 1.56 bits per heavy atom. The van der Waals surface area contributed by atoms with Gasteiger partial charge in [0.2, 0.25) is 0 Å². The van der Waals surface area contributed by atoms with Gasteiger partial charge >= 0.3 is 21.5 Å². The Bertz CT molecular complexity index is 469. The minimum atomic E-state index is -5.60. The molecular weight excluding hydrogens is 250 g/mol. The number of halogens is 2. The van der Waals surface area contributed by atoms with Crippen molar-refractivity contribution in [1.82, 2.24) is 9.55 Å². The number of hydrogen-bond acceptors (Lipinski definition) is 5. The summed E-state index contributed by atoms with van der Waals surface area (Å²) < 4.78 is 58.3. The van der Waals surface area contributed by atoms with Crippen LogP contribution in [0.1, 0.15) is 0 Å². The van der Waals surface area contributed by atoms with E-state index in [4.69, 9.17) is 4.55 Å². The summed E-state index contributed by atoms with van der Waals surface area (Å²) in [6.45, 7) is -1.77. The quantitative estimate of drug-likeness (QED) is 0.783. The predicted octanol–water partition coefficient (Wildman–Crippen LogP) is 0.348. The second-order valence-corrected chi connectivity index (χ2v) is 4.18. The number of carbonyl (C=O) groups is 1. The number of hydrogen-bond donors (Lipinski definition) is 1. The molecule has 7 nitrogen and oxygen atoms in total. The lowest BCUT2D eigenvalue weighted by atomic mass is 10.7. The zero-order valence-electron chi connectivity index (χ0n) is 7.58. The van der Waals surface area contributed by atoms with E-state index in [1.54, 1.807) is 0 Å². The summed E-state index contributed by atoms with van der Waals surface area (Å²) >= 11 is 0. The Hall–Kier alpha value is -1.55. The average molecular weight is 256 g/mol. The van der Waals surface area contributed by atoms with Crippen molar-refractivity contribution in [3.8, 4) is 0 Å². The maximum atomic E-state index is 12.6. The molecule has 16 heavy (non-hydrogen) atoms. The molecule has 1 N–H and O–H groups in total. The van der Waals surface area contributed by atoms with Crippen LogP contribution >= 0.6 is 0 Å². The summed E-state index contributed by atoms with van der Waals surface area (Å²) in [6.07, 6.45) is 2.06. The zero-order chi connectivity index (χ0) is 12.4. The molecule has 0 saturated heterocycles. The van der Waals surface area contributed by atoms with Gasteiger partial charge in [0.25, 0.3) is 0 Å². The Balaban J connectivity index is 2.63. The molecule has 1 heterocycles. The van der Waals surface area contributed by atoms with Crippen molar-refractivity contribution in [2.24, 2.45) is 0 Å². The van der Waals surface area contributed by atoms with Gasteiger partial charge in [-0.05, 0) is 0 Å². The topological polar surface area (TPSA) is 98.5 Å². The van der Waals surface area contributed by atoms with Crippen LogP contribution in [0.2, 0.25) is 0 Å². The van der Waals surface area contributed by atoms with E-state index in [2.05, 4.69) is 9.72 Å². The summed E-state index contributed by atoms with van der Waals surface area (Å²) in [5.74, 6) is 0. The molecule has 0 bridgehead atoms. The summed E-state index contributed by atoms with van der Waals surface area (Å²) in [7, 11) is -5.60. The molecule has 1 rings (SSSR count). The van der Waals surface area contributed by atoms with Gasteiger partial charge in [-0.3, -0.25) is 4.55 Å². The van der Waals surface area contributed by atoms with E-state index in [0.29, 0.717) is 0 Å². The van der Waals surface area contributed by atoms with E-state index >= 15 is 0 Å². The van der Waals surface area contributed by atoms with Gasteiger partial charge in [-0.25, -0.2) is 14.3 Å². The minimum Gasteiger partial charge on any atom is -0.441 e. The third-order valence-electron chi connectivity index (χ3n) is 1.46. The van der Waals surface area contributed by atoms with Gasteiger partial charge in [0, 0.05) is 12.4 Å². The van der Waals surface area contributed by atoms with Crippen molar-refractivity contribution in [2.45, 2.75) is 5.25 Å². The molecule has 0 aliphatic carbocycles. The fourth-order valence-electron chi connectivity index (χ4n) is 0.662. The van der Waals surface area contributed by atoms with Crippen LogP contribution in [0.5, 0.6) is 0 Å². The van der Waals surface area contributed by atoms with Gasteiger partial charge in [-0.2, -0.15) is 17.2 Å². The van der Waals surface area contributed by atoms with Gasteiger partial charge in [-0.15, -0.1) is 0 Å². The van der Waals surface area contributed by atoms with Crippen LogP contribution < -0.4 is 0 Å². The molecule has 90 valence electrons. The summed E-state index contributed by atoms with van der Waals surface area (Å²) in [4.78, 5) is 14.4. The van der Waals surface area contributed by atoms with Crippen LogP contribution in [0.25, 0.3) is 0 Å². The lowest BCUT2D eigenvalue weighted by Crippen LogP contribution is -2.35. The van der Waals surface area contributed by atoms with E-state index in [9.17, 15) is 22.0 Å². The molecule has 0 spiro atoms. The highest BCUT2D eigenvalue weighted by Crippen LogP contribution is 2.20. The fraction of sp³-hybridized carbons (Fsp3) is 0.333. The molecule has 0 fully saturated rings. The SMILES string of the molecule is O=C(OCC(F)(F)S(=O)(=O)O)n1ccnc1. The van der Waals surface area contributed by atoms with E-state index in [1.807, 2.05) is 0 Å². The summed E-state index contributed by atoms with van der Waals surface area (Å²) in [5.41, 5.74) is 0. The van der Waals surface area contributed by atoms with Crippen LogP contribution in [0.3, 0.4) is 0 Å². The molecule has 0 aliphatic rings. The highest BCUT2D eigenvalue weighted by atomic mass is 32.2. The molecule has 1 aromatic heterocycles. The first-order valence-electron chi connectivity index (χ1n) is 3.74. The van der Waals surface area contributed by atoms with E-state index in [-0.39, 0.29) is 0 Å². The summed E-state index contributed by atoms with van der Waals surface area (Å²) in [6, 6.07) is 0. The minimum absolute atomic E-state index is 0.722. The molecule has 0 amide bonds. The van der Waals surface area contributed by atoms with Crippen molar-refractivity contribution >= 4 is 16.2 Å². The molecule has 0 atom stereocenters. The largest absolute Gasteiger partial charge is 0.441 e. The zero-order valence-corrected chi connectivity index (χ0v) is 8.39. The second-order valence-electron chi connectivity index (χ2n) is 2.64. The Kier molecular flexibility index (Phi) is 3.24. The highest BCUT2D eigenvalue weighted by Gasteiger charge is 2.45. The van der Waals surface area contributed by atoms with Crippen LogP contribution in [0, 0.1) is 0 Å². The molecule has 0 saturated carbocycles. The molecule has 1 aromatic rings. The Morgan fingerprint density at radius 2 is 2.19 bits per heavy atom. The molecule has 0 aromatic carbocycles. The molecule has 0 aliphatic heterocycles. The molecule has 10 heteroatoms. The van der Waals surface area contributed by atoms with E-state index in [0.717, 1.165) is 17.1 Å².